The van der Waals surface area contributed by atoms with Gasteiger partial charge in [-0.15, -0.1) is 0 Å². The van der Waals surface area contributed by atoms with Gasteiger partial charge < -0.3 is 4.90 Å². The van der Waals surface area contributed by atoms with Gasteiger partial charge in [-0.1, -0.05) is 6.07 Å². The van der Waals surface area contributed by atoms with Crippen LogP contribution in [0.3, 0.4) is 0 Å². The van der Waals surface area contributed by atoms with Gasteiger partial charge in [0.1, 0.15) is 5.82 Å². The van der Waals surface area contributed by atoms with E-state index < -0.39 is 0 Å². The van der Waals surface area contributed by atoms with Crippen molar-refractivity contribution in [2.75, 3.05) is 33.2 Å². The molecule has 2 saturated heterocycles. The Morgan fingerprint density at radius 1 is 1.33 bits per heavy atom. The normalized spacial score (nSPS) is 23.5. The second-order valence-electron chi connectivity index (χ2n) is 5.88. The van der Waals surface area contributed by atoms with Gasteiger partial charge in [0.25, 0.3) is 0 Å². The van der Waals surface area contributed by atoms with Gasteiger partial charge >= 0.3 is 0 Å². The van der Waals surface area contributed by atoms with Gasteiger partial charge in [-0.3, -0.25) is 4.90 Å². The fraction of sp³-hybridized carbons (Fsp3) is 0.571. The average Bonchev–Trinajstić information content (AvgIpc) is 2.65. The Morgan fingerprint density at radius 3 is 2.72 bits per heavy atom. The zero-order chi connectivity index (χ0) is 12.8. The standard InChI is InChI=1S/C14H18BrFN2/c1-17-5-4-14(8-17)9-18(10-14)7-11-2-3-13(16)12(15)6-11/h2-3,6H,4-5,7-10H2,1H3. The summed E-state index contributed by atoms with van der Waals surface area (Å²) in [6.07, 6.45) is 1.33. The van der Waals surface area contributed by atoms with Crippen LogP contribution in [0, 0.1) is 11.2 Å². The molecule has 0 unspecified atom stereocenters. The number of rotatable bonds is 2. The Morgan fingerprint density at radius 2 is 2.11 bits per heavy atom. The predicted octanol–water partition coefficient (Wildman–Crippen LogP) is 2.73. The molecule has 2 aliphatic heterocycles. The van der Waals surface area contributed by atoms with E-state index in [9.17, 15) is 4.39 Å². The summed E-state index contributed by atoms with van der Waals surface area (Å²) < 4.78 is 13.7. The minimum atomic E-state index is -0.184. The summed E-state index contributed by atoms with van der Waals surface area (Å²) in [4.78, 5) is 4.88. The van der Waals surface area contributed by atoms with E-state index >= 15 is 0 Å². The van der Waals surface area contributed by atoms with Gasteiger partial charge in [0, 0.05) is 31.6 Å². The van der Waals surface area contributed by atoms with E-state index in [-0.39, 0.29) is 5.82 Å². The van der Waals surface area contributed by atoms with Crippen molar-refractivity contribution in [1.82, 2.24) is 9.80 Å². The lowest BCUT2D eigenvalue weighted by atomic mass is 9.79. The number of nitrogens with zero attached hydrogens (tertiary/aromatic N) is 2. The minimum Gasteiger partial charge on any atom is -0.306 e. The van der Waals surface area contributed by atoms with Gasteiger partial charge in [0.05, 0.1) is 4.47 Å². The van der Waals surface area contributed by atoms with Gasteiger partial charge in [0.2, 0.25) is 0 Å². The lowest BCUT2D eigenvalue weighted by Gasteiger charge is -2.48. The molecule has 2 nitrogen and oxygen atoms in total. The highest BCUT2D eigenvalue weighted by Gasteiger charge is 2.46. The first-order chi connectivity index (χ1) is 8.56. The molecular formula is C14H18BrFN2. The summed E-state index contributed by atoms with van der Waals surface area (Å²) in [6.45, 7) is 5.77. The molecule has 0 aliphatic carbocycles. The highest BCUT2D eigenvalue weighted by Crippen LogP contribution is 2.39. The molecule has 0 saturated carbocycles. The predicted molar refractivity (Wildman–Crippen MR) is 73.9 cm³/mol. The third-order valence-electron chi connectivity index (χ3n) is 4.14. The van der Waals surface area contributed by atoms with E-state index in [4.69, 9.17) is 0 Å². The molecule has 2 heterocycles. The van der Waals surface area contributed by atoms with Crippen LogP contribution >= 0.6 is 15.9 Å². The molecule has 1 spiro atoms. The summed E-state index contributed by atoms with van der Waals surface area (Å²) >= 11 is 3.24. The molecule has 3 rings (SSSR count). The molecule has 0 amide bonds. The maximum Gasteiger partial charge on any atom is 0.137 e. The van der Waals surface area contributed by atoms with Crippen LogP contribution in [0.15, 0.2) is 22.7 Å². The average molecular weight is 313 g/mol. The summed E-state index contributed by atoms with van der Waals surface area (Å²) in [5.41, 5.74) is 1.73. The molecule has 1 aromatic rings. The Bertz CT molecular complexity index is 457. The number of hydrogen-bond acceptors (Lipinski definition) is 2. The first kappa shape index (κ1) is 12.6. The smallest absolute Gasteiger partial charge is 0.137 e. The van der Waals surface area contributed by atoms with Crippen molar-refractivity contribution >= 4 is 15.9 Å². The van der Waals surface area contributed by atoms with Gasteiger partial charge in [0.15, 0.2) is 0 Å². The van der Waals surface area contributed by atoms with E-state index in [2.05, 4.69) is 32.8 Å². The fourth-order valence-corrected chi connectivity index (χ4v) is 3.75. The molecule has 4 heteroatoms. The van der Waals surface area contributed by atoms with Crippen LogP contribution in [-0.2, 0) is 6.54 Å². The van der Waals surface area contributed by atoms with E-state index in [0.717, 1.165) is 6.54 Å². The van der Waals surface area contributed by atoms with Crippen LogP contribution in [0.1, 0.15) is 12.0 Å². The zero-order valence-corrected chi connectivity index (χ0v) is 12.2. The van der Waals surface area contributed by atoms with E-state index in [0.29, 0.717) is 9.89 Å². The monoisotopic (exact) mass is 312 g/mol. The fourth-order valence-electron chi connectivity index (χ4n) is 3.33. The largest absolute Gasteiger partial charge is 0.306 e. The van der Waals surface area contributed by atoms with Gasteiger partial charge in [-0.05, 0) is 53.6 Å². The van der Waals surface area contributed by atoms with Gasteiger partial charge in [-0.25, -0.2) is 4.39 Å². The zero-order valence-electron chi connectivity index (χ0n) is 10.6. The lowest BCUT2D eigenvalue weighted by molar-refractivity contribution is 0.00375. The van der Waals surface area contributed by atoms with Gasteiger partial charge in [-0.2, -0.15) is 0 Å². The number of hydrogen-bond donors (Lipinski definition) is 0. The Hall–Kier alpha value is -0.450. The van der Waals surface area contributed by atoms with Crippen LogP contribution in [0.4, 0.5) is 4.39 Å². The minimum absolute atomic E-state index is 0.184. The highest BCUT2D eigenvalue weighted by atomic mass is 79.9. The first-order valence-corrected chi connectivity index (χ1v) is 7.21. The first-order valence-electron chi connectivity index (χ1n) is 6.41. The summed E-state index contributed by atoms with van der Waals surface area (Å²) in [5.74, 6) is -0.184. The van der Waals surface area contributed by atoms with E-state index in [1.54, 1.807) is 0 Å². The maximum absolute atomic E-state index is 13.1. The molecule has 0 aromatic heterocycles. The molecule has 0 N–H and O–H groups in total. The van der Waals surface area contributed by atoms with Crippen molar-refractivity contribution in [3.63, 3.8) is 0 Å². The lowest BCUT2D eigenvalue weighted by Crippen LogP contribution is -2.56. The Labute approximate surface area is 116 Å². The molecule has 0 bridgehead atoms. The molecule has 0 radical (unpaired) electrons. The van der Waals surface area contributed by atoms with Crippen molar-refractivity contribution in [1.29, 1.82) is 0 Å². The van der Waals surface area contributed by atoms with Crippen molar-refractivity contribution in [3.05, 3.63) is 34.1 Å². The molecular weight excluding hydrogens is 295 g/mol. The van der Waals surface area contributed by atoms with E-state index in [1.807, 2.05) is 12.1 Å². The maximum atomic E-state index is 13.1. The summed E-state index contributed by atoms with van der Waals surface area (Å²) in [7, 11) is 2.20. The summed E-state index contributed by atoms with van der Waals surface area (Å²) in [6, 6.07) is 5.31. The third-order valence-corrected chi connectivity index (χ3v) is 4.75. The molecule has 18 heavy (non-hydrogen) atoms. The van der Waals surface area contributed by atoms with Crippen molar-refractivity contribution in [3.8, 4) is 0 Å². The SMILES string of the molecule is CN1CCC2(C1)CN(Cc1ccc(F)c(Br)c1)C2. The molecule has 1 aromatic carbocycles. The number of likely N-dealkylation sites (tertiary alicyclic amines) is 2. The topological polar surface area (TPSA) is 6.48 Å². The van der Waals surface area contributed by atoms with E-state index in [1.165, 1.54) is 44.2 Å². The van der Waals surface area contributed by atoms with Crippen molar-refractivity contribution in [2.24, 2.45) is 5.41 Å². The van der Waals surface area contributed by atoms with Crippen LogP contribution in [0.25, 0.3) is 0 Å². The Balaban J connectivity index is 1.58. The summed E-state index contributed by atoms with van der Waals surface area (Å²) in [5, 5.41) is 0. The Kier molecular flexibility index (Phi) is 3.20. The van der Waals surface area contributed by atoms with Crippen LogP contribution in [-0.4, -0.2) is 43.0 Å². The van der Waals surface area contributed by atoms with Crippen LogP contribution in [0.2, 0.25) is 0 Å². The third kappa shape index (κ3) is 2.33. The second-order valence-corrected chi connectivity index (χ2v) is 6.74. The van der Waals surface area contributed by atoms with Crippen molar-refractivity contribution < 1.29 is 4.39 Å². The van der Waals surface area contributed by atoms with Crippen molar-refractivity contribution in [2.45, 2.75) is 13.0 Å². The molecule has 2 fully saturated rings. The van der Waals surface area contributed by atoms with Crippen LogP contribution in [0.5, 0.6) is 0 Å². The van der Waals surface area contributed by atoms with Crippen LogP contribution < -0.4 is 0 Å². The highest BCUT2D eigenvalue weighted by molar-refractivity contribution is 9.10. The quantitative estimate of drug-likeness (QED) is 0.828. The number of benzene rings is 1. The molecule has 0 atom stereocenters. The second kappa shape index (κ2) is 4.58. The molecule has 2 aliphatic rings. The number of halogens is 2. The molecule has 98 valence electrons.